The number of ether oxygens (including phenoxy) is 2. The number of amides is 1. The normalized spacial score (nSPS) is 14.3. The number of carbonyl (C=O) groups is 1. The Morgan fingerprint density at radius 1 is 1.13 bits per heavy atom. The van der Waals surface area contributed by atoms with Gasteiger partial charge in [-0.2, -0.15) is 0 Å². The summed E-state index contributed by atoms with van der Waals surface area (Å²) in [6.07, 6.45) is 2.32. The van der Waals surface area contributed by atoms with Crippen molar-refractivity contribution >= 4 is 28.8 Å². The Kier molecular flexibility index (Phi) is 7.32. The van der Waals surface area contributed by atoms with Gasteiger partial charge in [-0.05, 0) is 68.0 Å². The second-order valence-corrected chi connectivity index (χ2v) is 8.38. The second-order valence-electron chi connectivity index (χ2n) is 8.00. The van der Waals surface area contributed by atoms with Gasteiger partial charge < -0.3 is 19.7 Å². The lowest BCUT2D eigenvalue weighted by atomic mass is 9.99. The lowest BCUT2D eigenvalue weighted by molar-refractivity contribution is -0.118. The van der Waals surface area contributed by atoms with Crippen LogP contribution in [-0.2, 0) is 4.79 Å². The number of carbonyl (C=O) groups excluding carboxylic acids is 1. The van der Waals surface area contributed by atoms with Crippen LogP contribution in [0.1, 0.15) is 36.5 Å². The number of piperidine rings is 1. The molecule has 0 unspecified atom stereocenters. The van der Waals surface area contributed by atoms with Crippen LogP contribution in [0.25, 0.3) is 0 Å². The van der Waals surface area contributed by atoms with Gasteiger partial charge in [0.05, 0.1) is 7.11 Å². The molecule has 1 N–H and O–H groups in total. The van der Waals surface area contributed by atoms with Gasteiger partial charge in [0.25, 0.3) is 5.91 Å². The summed E-state index contributed by atoms with van der Waals surface area (Å²) in [5.41, 5.74) is 3.83. The number of hydrogen-bond donors (Lipinski definition) is 1. The van der Waals surface area contributed by atoms with Gasteiger partial charge in [-0.1, -0.05) is 31.3 Å². The van der Waals surface area contributed by atoms with Gasteiger partial charge in [0.1, 0.15) is 4.99 Å². The van der Waals surface area contributed by atoms with Gasteiger partial charge in [-0.3, -0.25) is 4.79 Å². The molecule has 5 nitrogen and oxygen atoms in total. The van der Waals surface area contributed by atoms with E-state index >= 15 is 0 Å². The summed E-state index contributed by atoms with van der Waals surface area (Å²) in [6.45, 7) is 8.11. The molecule has 0 saturated carbocycles. The molecule has 1 fully saturated rings. The predicted octanol–water partition coefficient (Wildman–Crippen LogP) is 4.74. The highest BCUT2D eigenvalue weighted by Crippen LogP contribution is 2.29. The predicted molar refractivity (Wildman–Crippen MR) is 125 cm³/mol. The third-order valence-corrected chi connectivity index (χ3v) is 6.00. The SMILES string of the molecule is COc1cc(C(=S)N2CCC(C)CC2)ccc1OCC(=O)Nc1cc(C)ccc1C. The van der Waals surface area contributed by atoms with Gasteiger partial charge in [0.2, 0.25) is 0 Å². The van der Waals surface area contributed by atoms with Crippen molar-refractivity contribution in [1.29, 1.82) is 0 Å². The van der Waals surface area contributed by atoms with Gasteiger partial charge in [0.15, 0.2) is 18.1 Å². The standard InChI is InChI=1S/C24H30N2O3S/c1-16-9-11-26(12-10-16)24(30)19-7-8-21(22(14-19)28-4)29-15-23(27)25-20-13-17(2)5-6-18(20)3/h5-8,13-14,16H,9-12,15H2,1-4H3,(H,25,27). The van der Waals surface area contributed by atoms with Crippen LogP contribution >= 0.6 is 12.2 Å². The second kappa shape index (κ2) is 9.94. The highest BCUT2D eigenvalue weighted by molar-refractivity contribution is 7.80. The van der Waals surface area contributed by atoms with E-state index in [4.69, 9.17) is 21.7 Å². The maximum absolute atomic E-state index is 12.4. The third kappa shape index (κ3) is 5.51. The van der Waals surface area contributed by atoms with Crippen molar-refractivity contribution in [1.82, 2.24) is 4.90 Å². The van der Waals surface area contributed by atoms with E-state index in [0.29, 0.717) is 11.5 Å². The molecule has 0 radical (unpaired) electrons. The molecule has 1 aliphatic heterocycles. The molecule has 1 amide bonds. The van der Waals surface area contributed by atoms with Crippen LogP contribution in [0.4, 0.5) is 5.69 Å². The van der Waals surface area contributed by atoms with Gasteiger partial charge in [-0.15, -0.1) is 0 Å². The Morgan fingerprint density at radius 3 is 2.57 bits per heavy atom. The minimum atomic E-state index is -0.215. The average Bonchev–Trinajstić information content (AvgIpc) is 2.74. The Hall–Kier alpha value is -2.60. The van der Waals surface area contributed by atoms with Crippen LogP contribution in [0, 0.1) is 19.8 Å². The minimum Gasteiger partial charge on any atom is -0.493 e. The first-order valence-corrected chi connectivity index (χ1v) is 10.8. The molecule has 0 aromatic heterocycles. The quantitative estimate of drug-likeness (QED) is 0.677. The number of aryl methyl sites for hydroxylation is 2. The van der Waals surface area contributed by atoms with Crippen LogP contribution in [0.2, 0.25) is 0 Å². The molecule has 1 aliphatic rings. The van der Waals surface area contributed by atoms with Gasteiger partial charge in [-0.25, -0.2) is 0 Å². The Balaban J connectivity index is 1.63. The molecular formula is C24H30N2O3S. The fourth-order valence-corrected chi connectivity index (χ4v) is 3.82. The largest absolute Gasteiger partial charge is 0.493 e. The van der Waals surface area contributed by atoms with Gasteiger partial charge >= 0.3 is 0 Å². The van der Waals surface area contributed by atoms with E-state index in [-0.39, 0.29) is 12.5 Å². The van der Waals surface area contributed by atoms with Crippen molar-refractivity contribution in [2.45, 2.75) is 33.6 Å². The van der Waals surface area contributed by atoms with E-state index in [1.165, 1.54) is 0 Å². The van der Waals surface area contributed by atoms with E-state index in [2.05, 4.69) is 17.1 Å². The fraction of sp³-hybridized carbons (Fsp3) is 0.417. The summed E-state index contributed by atoms with van der Waals surface area (Å²) in [7, 11) is 1.59. The summed E-state index contributed by atoms with van der Waals surface area (Å²) in [6, 6.07) is 11.6. The van der Waals surface area contributed by atoms with Crippen molar-refractivity contribution in [3.8, 4) is 11.5 Å². The van der Waals surface area contributed by atoms with E-state index in [1.807, 2.05) is 50.2 Å². The fourth-order valence-electron chi connectivity index (χ4n) is 3.51. The summed E-state index contributed by atoms with van der Waals surface area (Å²) in [5.74, 6) is 1.63. The number of thiocarbonyl (C=S) groups is 1. The molecule has 2 aromatic carbocycles. The number of nitrogens with one attached hydrogen (secondary N) is 1. The topological polar surface area (TPSA) is 50.8 Å². The van der Waals surface area contributed by atoms with Crippen LogP contribution in [0.3, 0.4) is 0 Å². The van der Waals surface area contributed by atoms with Crippen molar-refractivity contribution in [3.05, 3.63) is 53.1 Å². The maximum atomic E-state index is 12.4. The number of methoxy groups -OCH3 is 1. The molecule has 0 aliphatic carbocycles. The first-order chi connectivity index (χ1) is 14.4. The molecule has 3 rings (SSSR count). The third-order valence-electron chi connectivity index (χ3n) is 5.51. The molecule has 6 heteroatoms. The highest BCUT2D eigenvalue weighted by Gasteiger charge is 2.20. The lowest BCUT2D eigenvalue weighted by Gasteiger charge is -2.32. The zero-order valence-electron chi connectivity index (χ0n) is 18.2. The number of nitrogens with zero attached hydrogens (tertiary/aromatic N) is 1. The van der Waals surface area contributed by atoms with Crippen LogP contribution in [0.15, 0.2) is 36.4 Å². The highest BCUT2D eigenvalue weighted by atomic mass is 32.1. The molecule has 1 heterocycles. The van der Waals surface area contributed by atoms with Crippen LogP contribution in [0.5, 0.6) is 11.5 Å². The van der Waals surface area contributed by atoms with Gasteiger partial charge in [0, 0.05) is 24.3 Å². The number of anilines is 1. The summed E-state index contributed by atoms with van der Waals surface area (Å²) < 4.78 is 11.2. The van der Waals surface area contributed by atoms with E-state index in [9.17, 15) is 4.79 Å². The molecular weight excluding hydrogens is 396 g/mol. The van der Waals surface area contributed by atoms with Crippen LogP contribution in [-0.4, -0.2) is 42.6 Å². The lowest BCUT2D eigenvalue weighted by Crippen LogP contribution is -2.37. The number of benzene rings is 2. The van der Waals surface area contributed by atoms with Crippen molar-refractivity contribution in [3.63, 3.8) is 0 Å². The Morgan fingerprint density at radius 2 is 1.87 bits per heavy atom. The zero-order chi connectivity index (χ0) is 21.7. The summed E-state index contributed by atoms with van der Waals surface area (Å²) >= 11 is 5.70. The first kappa shape index (κ1) is 22.1. The Bertz CT molecular complexity index is 921. The van der Waals surface area contributed by atoms with Crippen molar-refractivity contribution < 1.29 is 14.3 Å². The minimum absolute atomic E-state index is 0.0997. The van der Waals surface area contributed by atoms with Crippen molar-refractivity contribution in [2.24, 2.45) is 5.92 Å². The summed E-state index contributed by atoms with van der Waals surface area (Å²) in [4.78, 5) is 15.4. The molecule has 0 atom stereocenters. The first-order valence-electron chi connectivity index (χ1n) is 10.3. The Labute approximate surface area is 184 Å². The molecule has 1 saturated heterocycles. The van der Waals surface area contributed by atoms with E-state index < -0.39 is 0 Å². The molecule has 0 bridgehead atoms. The zero-order valence-corrected chi connectivity index (χ0v) is 19.0. The number of likely N-dealkylation sites (tertiary alicyclic amines) is 1. The van der Waals surface area contributed by atoms with Crippen molar-refractivity contribution in [2.75, 3.05) is 32.1 Å². The molecule has 2 aromatic rings. The number of rotatable bonds is 6. The monoisotopic (exact) mass is 426 g/mol. The molecule has 0 spiro atoms. The molecule has 160 valence electrons. The van der Waals surface area contributed by atoms with Crippen LogP contribution < -0.4 is 14.8 Å². The van der Waals surface area contributed by atoms with E-state index in [0.717, 1.165) is 59.2 Å². The number of hydrogen-bond acceptors (Lipinski definition) is 4. The van der Waals surface area contributed by atoms with E-state index in [1.54, 1.807) is 7.11 Å². The molecule has 30 heavy (non-hydrogen) atoms. The maximum Gasteiger partial charge on any atom is 0.262 e. The smallest absolute Gasteiger partial charge is 0.262 e. The summed E-state index contributed by atoms with van der Waals surface area (Å²) in [5, 5.41) is 2.90. The average molecular weight is 427 g/mol.